The third-order valence-corrected chi connectivity index (χ3v) is 7.13. The fourth-order valence-electron chi connectivity index (χ4n) is 4.17. The van der Waals surface area contributed by atoms with Gasteiger partial charge in [-0.05, 0) is 30.5 Å². The zero-order chi connectivity index (χ0) is 22.1. The molecule has 5 rings (SSSR count). The van der Waals surface area contributed by atoms with Crippen LogP contribution in [-0.4, -0.2) is 39.8 Å². The van der Waals surface area contributed by atoms with Crippen LogP contribution in [-0.2, 0) is 17.2 Å². The molecule has 3 heterocycles. The molecule has 1 aromatic heterocycles. The van der Waals surface area contributed by atoms with Gasteiger partial charge in [0.05, 0.1) is 22.3 Å². The van der Waals surface area contributed by atoms with Crippen LogP contribution in [0.5, 0.6) is 11.5 Å². The predicted octanol–water partition coefficient (Wildman–Crippen LogP) is 4.21. The molecule has 2 aromatic carbocycles. The first kappa shape index (κ1) is 20.9. The van der Waals surface area contributed by atoms with Gasteiger partial charge in [0.15, 0.2) is 17.5 Å². The van der Waals surface area contributed by atoms with Crippen molar-refractivity contribution in [1.82, 2.24) is 9.97 Å². The van der Waals surface area contributed by atoms with E-state index in [1.54, 1.807) is 18.2 Å². The Morgan fingerprint density at radius 3 is 2.78 bits per heavy atom. The normalized spacial score (nSPS) is 19.6. The Morgan fingerprint density at radius 2 is 1.97 bits per heavy atom. The molecule has 0 radical (unpaired) electrons. The standard InChI is InChI=1S/C24H24FN3O3S/c1-2-16-11-26-24(27-12-16)28-10-9-17(13-28)14-30-22-18(5-3-7-20(22)25)19-6-4-8-21-23(19)32(29)15-31-21/h3-8,11-12,17H,2,9-10,13-15H2,1H3/t17-,32?/m0/s1. The quantitative estimate of drug-likeness (QED) is 0.557. The van der Waals surface area contributed by atoms with E-state index in [2.05, 4.69) is 21.8 Å². The summed E-state index contributed by atoms with van der Waals surface area (Å²) in [5.74, 6) is 1.41. The first-order valence-corrected chi connectivity index (χ1v) is 12.1. The van der Waals surface area contributed by atoms with Gasteiger partial charge in [0, 0.05) is 42.5 Å². The van der Waals surface area contributed by atoms with E-state index in [1.807, 2.05) is 24.5 Å². The number of aromatic nitrogens is 2. The molecule has 2 aliphatic rings. The van der Waals surface area contributed by atoms with Gasteiger partial charge in [-0.1, -0.05) is 31.2 Å². The molecule has 2 atom stereocenters. The van der Waals surface area contributed by atoms with Crippen molar-refractivity contribution in [2.75, 3.05) is 30.5 Å². The second-order valence-corrected chi connectivity index (χ2v) is 9.35. The third-order valence-electron chi connectivity index (χ3n) is 5.92. The summed E-state index contributed by atoms with van der Waals surface area (Å²) in [4.78, 5) is 11.7. The lowest BCUT2D eigenvalue weighted by atomic mass is 10.0. The second-order valence-electron chi connectivity index (χ2n) is 8.01. The van der Waals surface area contributed by atoms with Crippen LogP contribution in [0.4, 0.5) is 10.3 Å². The number of rotatable bonds is 6. The maximum absolute atomic E-state index is 14.8. The van der Waals surface area contributed by atoms with Crippen molar-refractivity contribution in [3.63, 3.8) is 0 Å². The Labute approximate surface area is 188 Å². The van der Waals surface area contributed by atoms with Gasteiger partial charge in [0.2, 0.25) is 5.95 Å². The largest absolute Gasteiger partial charge is 0.489 e. The monoisotopic (exact) mass is 453 g/mol. The fraction of sp³-hybridized carbons (Fsp3) is 0.333. The van der Waals surface area contributed by atoms with Gasteiger partial charge >= 0.3 is 0 Å². The van der Waals surface area contributed by atoms with Gasteiger partial charge in [0.25, 0.3) is 0 Å². The number of nitrogens with zero attached hydrogens (tertiary/aromatic N) is 3. The highest BCUT2D eigenvalue weighted by Gasteiger charge is 2.28. The predicted molar refractivity (Wildman–Crippen MR) is 121 cm³/mol. The van der Waals surface area contributed by atoms with E-state index in [0.29, 0.717) is 28.4 Å². The van der Waals surface area contributed by atoms with Crippen LogP contribution in [0.3, 0.4) is 0 Å². The topological polar surface area (TPSA) is 64.6 Å². The van der Waals surface area contributed by atoms with Gasteiger partial charge in [-0.2, -0.15) is 0 Å². The molecule has 2 aliphatic heterocycles. The van der Waals surface area contributed by atoms with Crippen LogP contribution in [0.2, 0.25) is 0 Å². The van der Waals surface area contributed by atoms with Gasteiger partial charge in [0.1, 0.15) is 5.75 Å². The molecule has 1 fully saturated rings. The smallest absolute Gasteiger partial charge is 0.225 e. The first-order valence-electron chi connectivity index (χ1n) is 10.8. The second kappa shape index (κ2) is 8.86. The lowest BCUT2D eigenvalue weighted by Crippen LogP contribution is -2.24. The SMILES string of the molecule is CCc1cnc(N2CC[C@H](COc3c(F)cccc3-c3cccc4c3S(=O)CO4)C2)nc1. The lowest BCUT2D eigenvalue weighted by molar-refractivity contribution is 0.251. The molecule has 166 valence electrons. The summed E-state index contributed by atoms with van der Waals surface area (Å²) in [6.45, 7) is 4.05. The Bertz CT molecular complexity index is 1160. The van der Waals surface area contributed by atoms with Gasteiger partial charge < -0.3 is 14.4 Å². The van der Waals surface area contributed by atoms with Crippen molar-refractivity contribution < 1.29 is 18.1 Å². The Balaban J connectivity index is 1.33. The first-order chi connectivity index (χ1) is 15.6. The fourth-order valence-corrected chi connectivity index (χ4v) is 5.29. The molecular formula is C24H24FN3O3S. The molecular weight excluding hydrogens is 429 g/mol. The minimum atomic E-state index is -1.28. The Hall–Kier alpha value is -3.00. The molecule has 0 spiro atoms. The highest BCUT2D eigenvalue weighted by atomic mass is 32.2. The summed E-state index contributed by atoms with van der Waals surface area (Å²) in [7, 11) is -1.28. The number of ether oxygens (including phenoxy) is 2. The van der Waals surface area contributed by atoms with Crippen LogP contribution < -0.4 is 14.4 Å². The lowest BCUT2D eigenvalue weighted by Gasteiger charge is -2.18. The number of para-hydroxylation sites is 1. The molecule has 0 N–H and O–H groups in total. The van der Waals surface area contributed by atoms with Crippen molar-refractivity contribution in [3.05, 3.63) is 60.2 Å². The van der Waals surface area contributed by atoms with Gasteiger partial charge in [-0.25, -0.2) is 14.4 Å². The van der Waals surface area contributed by atoms with E-state index < -0.39 is 16.6 Å². The Kier molecular flexibility index (Phi) is 5.78. The van der Waals surface area contributed by atoms with Crippen molar-refractivity contribution in [1.29, 1.82) is 0 Å². The van der Waals surface area contributed by atoms with Crippen molar-refractivity contribution in [2.24, 2.45) is 5.92 Å². The number of fused-ring (bicyclic) bond motifs is 1. The van der Waals surface area contributed by atoms with Gasteiger partial charge in [-0.15, -0.1) is 0 Å². The highest BCUT2D eigenvalue weighted by Crippen LogP contribution is 2.42. The van der Waals surface area contributed by atoms with E-state index in [1.165, 1.54) is 6.07 Å². The van der Waals surface area contributed by atoms with E-state index in [9.17, 15) is 8.60 Å². The number of halogens is 1. The molecule has 6 nitrogen and oxygen atoms in total. The summed E-state index contributed by atoms with van der Waals surface area (Å²) >= 11 is 0. The number of anilines is 1. The van der Waals surface area contributed by atoms with Crippen LogP contribution >= 0.6 is 0 Å². The molecule has 0 amide bonds. The molecule has 1 unspecified atom stereocenters. The van der Waals surface area contributed by atoms with E-state index >= 15 is 0 Å². The summed E-state index contributed by atoms with van der Waals surface area (Å²) in [6, 6.07) is 10.3. The highest BCUT2D eigenvalue weighted by molar-refractivity contribution is 7.85. The average Bonchev–Trinajstić information content (AvgIpc) is 3.45. The maximum Gasteiger partial charge on any atom is 0.225 e. The number of aryl methyl sites for hydroxylation is 1. The van der Waals surface area contributed by atoms with Crippen LogP contribution in [0.15, 0.2) is 53.7 Å². The van der Waals surface area contributed by atoms with E-state index in [-0.39, 0.29) is 17.6 Å². The van der Waals surface area contributed by atoms with Crippen LogP contribution in [0, 0.1) is 11.7 Å². The van der Waals surface area contributed by atoms with E-state index in [4.69, 9.17) is 9.47 Å². The average molecular weight is 454 g/mol. The number of hydrogen-bond acceptors (Lipinski definition) is 6. The third kappa shape index (κ3) is 3.95. The summed E-state index contributed by atoms with van der Waals surface area (Å²) in [5, 5.41) is 0. The Morgan fingerprint density at radius 1 is 1.19 bits per heavy atom. The van der Waals surface area contributed by atoms with Crippen LogP contribution in [0.1, 0.15) is 18.9 Å². The van der Waals surface area contributed by atoms with Crippen molar-refractivity contribution in [2.45, 2.75) is 24.7 Å². The zero-order valence-electron chi connectivity index (χ0n) is 17.8. The molecule has 0 bridgehead atoms. The minimum Gasteiger partial charge on any atom is -0.489 e. The van der Waals surface area contributed by atoms with Crippen molar-refractivity contribution >= 4 is 16.7 Å². The number of benzene rings is 2. The molecule has 3 aromatic rings. The molecule has 0 aliphatic carbocycles. The van der Waals surface area contributed by atoms with Crippen molar-refractivity contribution in [3.8, 4) is 22.6 Å². The minimum absolute atomic E-state index is 0.122. The molecule has 8 heteroatoms. The summed E-state index contributed by atoms with van der Waals surface area (Å²) in [6.07, 6.45) is 5.56. The van der Waals surface area contributed by atoms with E-state index in [0.717, 1.165) is 37.4 Å². The molecule has 1 saturated heterocycles. The maximum atomic E-state index is 14.8. The number of hydrogen-bond donors (Lipinski definition) is 0. The molecule has 32 heavy (non-hydrogen) atoms. The zero-order valence-corrected chi connectivity index (χ0v) is 18.6. The summed E-state index contributed by atoms with van der Waals surface area (Å²) in [5.41, 5.74) is 2.39. The van der Waals surface area contributed by atoms with Crippen LogP contribution in [0.25, 0.3) is 11.1 Å². The summed E-state index contributed by atoms with van der Waals surface area (Å²) < 4.78 is 38.8. The van der Waals surface area contributed by atoms with Gasteiger partial charge in [-0.3, -0.25) is 4.21 Å². The molecule has 0 saturated carbocycles.